The van der Waals surface area contributed by atoms with Gasteiger partial charge < -0.3 is 29.4 Å². The van der Waals surface area contributed by atoms with Gasteiger partial charge in [-0.1, -0.05) is 71.8 Å². The van der Waals surface area contributed by atoms with Crippen LogP contribution in [0.5, 0.6) is 17.2 Å². The predicted octanol–water partition coefficient (Wildman–Crippen LogP) is 7.45. The van der Waals surface area contributed by atoms with E-state index in [2.05, 4.69) is 5.32 Å². The molecule has 10 heteroatoms. The summed E-state index contributed by atoms with van der Waals surface area (Å²) in [5.74, 6) is 1.78. The minimum absolute atomic E-state index is 0.0471. The highest BCUT2D eigenvalue weighted by Crippen LogP contribution is 2.45. The normalized spacial score (nSPS) is 17.2. The Bertz CT molecular complexity index is 1730. The largest absolute Gasteiger partial charge is 0.497 e. The SMILES string of the molecule is COc1ccc(CNC(=O)[C@]2(C/C=C/c3ccccc3)N=C(c3ccc(OCCCO)cc3)O[C@@H]2c2ccc(Cl)cc2Cl)c(OC)c1. The van der Waals surface area contributed by atoms with E-state index in [4.69, 9.17) is 52.2 Å². The molecule has 244 valence electrons. The van der Waals surface area contributed by atoms with E-state index in [-0.39, 0.29) is 31.4 Å². The van der Waals surface area contributed by atoms with Crippen molar-refractivity contribution < 1.29 is 28.8 Å². The molecular formula is C37H36Cl2N2O6. The van der Waals surface area contributed by atoms with Gasteiger partial charge in [-0.3, -0.25) is 4.79 Å². The molecule has 0 spiro atoms. The first-order chi connectivity index (χ1) is 22.9. The number of hydrogen-bond donors (Lipinski definition) is 2. The molecule has 5 rings (SSSR count). The van der Waals surface area contributed by atoms with Crippen molar-refractivity contribution in [3.8, 4) is 17.2 Å². The number of aliphatic hydroxyl groups is 1. The van der Waals surface area contributed by atoms with Crippen LogP contribution in [0.1, 0.15) is 41.2 Å². The highest BCUT2D eigenvalue weighted by atomic mass is 35.5. The van der Waals surface area contributed by atoms with Gasteiger partial charge in [0.1, 0.15) is 17.2 Å². The van der Waals surface area contributed by atoms with E-state index in [1.54, 1.807) is 50.6 Å². The van der Waals surface area contributed by atoms with Crippen molar-refractivity contribution in [2.24, 2.45) is 4.99 Å². The molecule has 0 aliphatic carbocycles. The Morgan fingerprint density at radius 3 is 2.45 bits per heavy atom. The second-order valence-electron chi connectivity index (χ2n) is 10.8. The van der Waals surface area contributed by atoms with Crippen molar-refractivity contribution >= 4 is 41.1 Å². The standard InChI is InChI=1S/C37H36Cl2N2O6/c1-44-30-17-13-27(33(23-30)45-2)24-40-36(43)37(19-6-10-25-8-4-3-5-9-25)34(31-18-14-28(38)22-32(31)39)47-35(41-37)26-11-15-29(16-12-26)46-21-7-20-42/h3-6,8-18,22-23,34,42H,7,19-21,24H2,1-2H3,(H,40,43)/b10-6+/t34-,37-/m1/s1. The predicted molar refractivity (Wildman–Crippen MR) is 185 cm³/mol. The number of nitrogens with one attached hydrogen (secondary N) is 1. The lowest BCUT2D eigenvalue weighted by molar-refractivity contribution is -0.129. The molecule has 2 N–H and O–H groups in total. The Morgan fingerprint density at radius 2 is 1.74 bits per heavy atom. The average Bonchev–Trinajstić information content (AvgIpc) is 3.48. The fraction of sp³-hybridized carbons (Fsp3) is 0.243. The highest BCUT2D eigenvalue weighted by Gasteiger charge is 2.53. The molecule has 4 aromatic rings. The third-order valence-corrected chi connectivity index (χ3v) is 8.31. The summed E-state index contributed by atoms with van der Waals surface area (Å²) in [6.45, 7) is 0.605. The number of aliphatic hydroxyl groups excluding tert-OH is 1. The van der Waals surface area contributed by atoms with Crippen molar-refractivity contribution in [2.45, 2.75) is 31.0 Å². The summed E-state index contributed by atoms with van der Waals surface area (Å²) in [5, 5.41) is 13.0. The highest BCUT2D eigenvalue weighted by molar-refractivity contribution is 6.35. The summed E-state index contributed by atoms with van der Waals surface area (Å²) in [4.78, 5) is 19.6. The quantitative estimate of drug-likeness (QED) is 0.135. The summed E-state index contributed by atoms with van der Waals surface area (Å²) in [7, 11) is 3.15. The number of hydrogen-bond acceptors (Lipinski definition) is 7. The van der Waals surface area contributed by atoms with Crippen molar-refractivity contribution in [1.82, 2.24) is 5.32 Å². The van der Waals surface area contributed by atoms with Crippen molar-refractivity contribution in [3.63, 3.8) is 0 Å². The van der Waals surface area contributed by atoms with Crippen LogP contribution in [-0.2, 0) is 16.1 Å². The van der Waals surface area contributed by atoms with Gasteiger partial charge in [-0.2, -0.15) is 0 Å². The molecule has 1 aliphatic heterocycles. The molecule has 4 aromatic carbocycles. The minimum Gasteiger partial charge on any atom is -0.497 e. The molecule has 0 saturated heterocycles. The van der Waals surface area contributed by atoms with Gasteiger partial charge in [0.2, 0.25) is 5.90 Å². The van der Waals surface area contributed by atoms with E-state index in [9.17, 15) is 4.79 Å². The van der Waals surface area contributed by atoms with Crippen LogP contribution < -0.4 is 19.5 Å². The third kappa shape index (κ3) is 8.08. The van der Waals surface area contributed by atoms with Gasteiger partial charge in [0.05, 0.1) is 20.8 Å². The van der Waals surface area contributed by atoms with Gasteiger partial charge in [-0.15, -0.1) is 0 Å². The van der Waals surface area contributed by atoms with Crippen LogP contribution in [0.25, 0.3) is 6.08 Å². The first-order valence-corrected chi connectivity index (χ1v) is 15.9. The molecular weight excluding hydrogens is 639 g/mol. The number of amides is 1. The summed E-state index contributed by atoms with van der Waals surface area (Å²) in [6, 6.07) is 27.6. The summed E-state index contributed by atoms with van der Waals surface area (Å²) < 4.78 is 23.2. The van der Waals surface area contributed by atoms with E-state index >= 15 is 0 Å². The van der Waals surface area contributed by atoms with Crippen LogP contribution in [0.4, 0.5) is 0 Å². The molecule has 1 aliphatic rings. The lowest BCUT2D eigenvalue weighted by Gasteiger charge is -2.30. The molecule has 0 radical (unpaired) electrons. The zero-order valence-corrected chi connectivity index (χ0v) is 27.6. The maximum Gasteiger partial charge on any atom is 0.252 e. The first-order valence-electron chi connectivity index (χ1n) is 15.1. The lowest BCUT2D eigenvalue weighted by atomic mass is 9.84. The topological polar surface area (TPSA) is 98.6 Å². The number of rotatable bonds is 14. The number of methoxy groups -OCH3 is 2. The molecule has 0 fully saturated rings. The van der Waals surface area contributed by atoms with Gasteiger partial charge in [0.25, 0.3) is 5.91 Å². The Kier molecular flexibility index (Phi) is 11.4. The van der Waals surface area contributed by atoms with E-state index in [0.717, 1.165) is 11.1 Å². The van der Waals surface area contributed by atoms with Crippen LogP contribution in [-0.4, -0.2) is 49.9 Å². The number of aliphatic imine (C=N–C) groups is 1. The molecule has 47 heavy (non-hydrogen) atoms. The van der Waals surface area contributed by atoms with Crippen LogP contribution in [0.2, 0.25) is 10.0 Å². The minimum atomic E-state index is -1.45. The second-order valence-corrected chi connectivity index (χ2v) is 11.7. The van der Waals surface area contributed by atoms with Gasteiger partial charge in [0.15, 0.2) is 11.6 Å². The zero-order chi connectivity index (χ0) is 33.2. The summed E-state index contributed by atoms with van der Waals surface area (Å²) >= 11 is 13.0. The van der Waals surface area contributed by atoms with E-state index in [1.807, 2.05) is 66.7 Å². The Hall–Kier alpha value is -4.50. The van der Waals surface area contributed by atoms with Gasteiger partial charge in [0, 0.05) is 58.8 Å². The third-order valence-electron chi connectivity index (χ3n) is 7.75. The summed E-state index contributed by atoms with van der Waals surface area (Å²) in [6.07, 6.45) is 3.71. The number of nitrogens with zero attached hydrogens (tertiary/aromatic N) is 1. The fourth-order valence-corrected chi connectivity index (χ4v) is 5.78. The molecule has 1 amide bonds. The summed E-state index contributed by atoms with van der Waals surface area (Å²) in [5.41, 5.74) is 1.52. The smallest absolute Gasteiger partial charge is 0.252 e. The second kappa shape index (κ2) is 15.9. The molecule has 0 unspecified atom stereocenters. The number of benzene rings is 4. The Labute approximate surface area is 284 Å². The number of ether oxygens (including phenoxy) is 4. The van der Waals surface area contributed by atoms with Crippen molar-refractivity contribution in [3.05, 3.63) is 129 Å². The number of carbonyl (C=O) groups excluding carboxylic acids is 1. The maximum absolute atomic E-state index is 14.5. The monoisotopic (exact) mass is 674 g/mol. The van der Waals surface area contributed by atoms with Crippen LogP contribution in [0.15, 0.2) is 102 Å². The van der Waals surface area contributed by atoms with E-state index in [1.165, 1.54) is 0 Å². The maximum atomic E-state index is 14.5. The number of carbonyl (C=O) groups is 1. The number of halogens is 2. The van der Waals surface area contributed by atoms with Crippen molar-refractivity contribution in [2.75, 3.05) is 27.4 Å². The van der Waals surface area contributed by atoms with Crippen LogP contribution in [0.3, 0.4) is 0 Å². The van der Waals surface area contributed by atoms with Gasteiger partial charge >= 0.3 is 0 Å². The Balaban J connectivity index is 1.55. The van der Waals surface area contributed by atoms with Crippen LogP contribution in [0, 0.1) is 0 Å². The van der Waals surface area contributed by atoms with Crippen molar-refractivity contribution in [1.29, 1.82) is 0 Å². The average molecular weight is 676 g/mol. The molecule has 1 heterocycles. The first kappa shape index (κ1) is 33.9. The molecule has 8 nitrogen and oxygen atoms in total. The molecule has 0 aromatic heterocycles. The molecule has 0 bridgehead atoms. The van der Waals surface area contributed by atoms with E-state index in [0.29, 0.717) is 51.4 Å². The van der Waals surface area contributed by atoms with Gasteiger partial charge in [-0.25, -0.2) is 4.99 Å². The molecule has 0 saturated carbocycles. The zero-order valence-electron chi connectivity index (χ0n) is 26.1. The van der Waals surface area contributed by atoms with Gasteiger partial charge in [-0.05, 0) is 54.1 Å². The van der Waals surface area contributed by atoms with E-state index < -0.39 is 11.6 Å². The fourth-order valence-electron chi connectivity index (χ4n) is 5.27. The van der Waals surface area contributed by atoms with Crippen LogP contribution >= 0.6 is 23.2 Å². The Morgan fingerprint density at radius 1 is 0.979 bits per heavy atom. The lowest BCUT2D eigenvalue weighted by Crippen LogP contribution is -2.47. The molecule has 2 atom stereocenters.